The lowest BCUT2D eigenvalue weighted by atomic mass is 10.1. The Morgan fingerprint density at radius 1 is 1.12 bits per heavy atom. The number of para-hydroxylation sites is 2. The van der Waals surface area contributed by atoms with E-state index in [4.69, 9.17) is 21.1 Å². The molecular formula is C24H26ClN3O4. The molecule has 0 radical (unpaired) electrons. The normalized spacial score (nSPS) is 17.7. The molecule has 0 saturated carbocycles. The molecule has 2 aliphatic heterocycles. The highest BCUT2D eigenvalue weighted by Crippen LogP contribution is 2.35. The number of ether oxygens (including phenoxy) is 2. The van der Waals surface area contributed by atoms with Gasteiger partial charge in [0.25, 0.3) is 5.91 Å². The SMILES string of the molecule is O=C(CN1C(=O)/C(=C\c2cccc(Cl)c2)Oc2ccccc21)NCCCN1CCOCC1. The molecule has 2 aromatic rings. The van der Waals surface area contributed by atoms with E-state index in [0.717, 1.165) is 44.8 Å². The van der Waals surface area contributed by atoms with Crippen LogP contribution in [0.2, 0.25) is 5.02 Å². The number of anilines is 1. The average Bonchev–Trinajstić information content (AvgIpc) is 2.80. The largest absolute Gasteiger partial charge is 0.449 e. The summed E-state index contributed by atoms with van der Waals surface area (Å²) in [6.07, 6.45) is 2.48. The van der Waals surface area contributed by atoms with Gasteiger partial charge in [-0.15, -0.1) is 0 Å². The lowest BCUT2D eigenvalue weighted by Gasteiger charge is -2.30. The van der Waals surface area contributed by atoms with Gasteiger partial charge in [-0.3, -0.25) is 19.4 Å². The molecule has 32 heavy (non-hydrogen) atoms. The second kappa shape index (κ2) is 10.6. The van der Waals surface area contributed by atoms with Gasteiger partial charge in [0, 0.05) is 24.7 Å². The quantitative estimate of drug-likeness (QED) is 0.513. The van der Waals surface area contributed by atoms with Crippen molar-refractivity contribution in [3.05, 3.63) is 64.9 Å². The highest BCUT2D eigenvalue weighted by atomic mass is 35.5. The Bertz CT molecular complexity index is 1000. The fourth-order valence-electron chi connectivity index (χ4n) is 3.72. The van der Waals surface area contributed by atoms with Gasteiger partial charge < -0.3 is 14.8 Å². The van der Waals surface area contributed by atoms with Crippen LogP contribution in [-0.2, 0) is 14.3 Å². The summed E-state index contributed by atoms with van der Waals surface area (Å²) in [6, 6.07) is 14.3. The smallest absolute Gasteiger partial charge is 0.294 e. The fourth-order valence-corrected chi connectivity index (χ4v) is 3.92. The zero-order valence-electron chi connectivity index (χ0n) is 17.8. The monoisotopic (exact) mass is 455 g/mol. The number of amides is 2. The first-order chi connectivity index (χ1) is 15.6. The summed E-state index contributed by atoms with van der Waals surface area (Å²) in [5.74, 6) is 0.0952. The van der Waals surface area contributed by atoms with Crippen molar-refractivity contribution in [2.75, 3.05) is 50.8 Å². The van der Waals surface area contributed by atoms with E-state index in [2.05, 4.69) is 10.2 Å². The lowest BCUT2D eigenvalue weighted by molar-refractivity contribution is -0.123. The lowest BCUT2D eigenvalue weighted by Crippen LogP contribution is -2.44. The van der Waals surface area contributed by atoms with Crippen molar-refractivity contribution in [2.45, 2.75) is 6.42 Å². The second-order valence-corrected chi connectivity index (χ2v) is 8.12. The number of nitrogens with zero attached hydrogens (tertiary/aromatic N) is 2. The first-order valence-electron chi connectivity index (χ1n) is 10.7. The van der Waals surface area contributed by atoms with Gasteiger partial charge in [-0.05, 0) is 48.9 Å². The minimum atomic E-state index is -0.368. The third-order valence-corrected chi connectivity index (χ3v) is 5.59. The van der Waals surface area contributed by atoms with Gasteiger partial charge in [-0.1, -0.05) is 35.9 Å². The molecule has 0 bridgehead atoms. The number of morpholine rings is 1. The van der Waals surface area contributed by atoms with Crippen LogP contribution in [0.4, 0.5) is 5.69 Å². The van der Waals surface area contributed by atoms with E-state index in [9.17, 15) is 9.59 Å². The standard InChI is InChI=1S/C24H26ClN3O4/c25-19-6-3-5-18(15-19)16-22-24(30)28(20-7-1-2-8-21(20)32-22)17-23(29)26-9-4-10-27-11-13-31-14-12-27/h1-3,5-8,15-16H,4,9-14,17H2,(H,26,29)/b22-16+. The summed E-state index contributed by atoms with van der Waals surface area (Å²) in [7, 11) is 0. The van der Waals surface area contributed by atoms with Crippen molar-refractivity contribution in [3.63, 3.8) is 0 Å². The highest BCUT2D eigenvalue weighted by molar-refractivity contribution is 6.30. The predicted octanol–water partition coefficient (Wildman–Crippen LogP) is 2.95. The molecule has 168 valence electrons. The van der Waals surface area contributed by atoms with E-state index < -0.39 is 0 Å². The molecule has 1 fully saturated rings. The molecule has 0 spiro atoms. The zero-order chi connectivity index (χ0) is 22.3. The van der Waals surface area contributed by atoms with Gasteiger partial charge in [0.2, 0.25) is 5.91 Å². The number of benzene rings is 2. The maximum Gasteiger partial charge on any atom is 0.294 e. The summed E-state index contributed by atoms with van der Waals surface area (Å²) in [5.41, 5.74) is 1.32. The molecule has 2 heterocycles. The van der Waals surface area contributed by atoms with Crippen LogP contribution in [0.25, 0.3) is 6.08 Å². The van der Waals surface area contributed by atoms with Crippen LogP contribution in [-0.4, -0.2) is 62.7 Å². The van der Waals surface area contributed by atoms with E-state index in [1.54, 1.807) is 36.4 Å². The zero-order valence-corrected chi connectivity index (χ0v) is 18.5. The van der Waals surface area contributed by atoms with Crippen molar-refractivity contribution in [2.24, 2.45) is 0 Å². The number of hydrogen-bond acceptors (Lipinski definition) is 5. The second-order valence-electron chi connectivity index (χ2n) is 7.68. The van der Waals surface area contributed by atoms with Crippen LogP contribution in [0.15, 0.2) is 54.3 Å². The third kappa shape index (κ3) is 5.68. The summed E-state index contributed by atoms with van der Waals surface area (Å²) in [6.45, 7) is 4.76. The Labute approximate surface area is 192 Å². The molecule has 7 nitrogen and oxygen atoms in total. The van der Waals surface area contributed by atoms with Gasteiger partial charge in [0.15, 0.2) is 11.5 Å². The van der Waals surface area contributed by atoms with Crippen molar-refractivity contribution < 1.29 is 19.1 Å². The summed E-state index contributed by atoms with van der Waals surface area (Å²) in [5, 5.41) is 3.49. The molecule has 2 amide bonds. The van der Waals surface area contributed by atoms with Crippen LogP contribution >= 0.6 is 11.6 Å². The third-order valence-electron chi connectivity index (χ3n) is 5.36. The number of fused-ring (bicyclic) bond motifs is 1. The first kappa shape index (κ1) is 22.3. The van der Waals surface area contributed by atoms with Crippen LogP contribution in [0.3, 0.4) is 0 Å². The van der Waals surface area contributed by atoms with Gasteiger partial charge in [0.05, 0.1) is 18.9 Å². The van der Waals surface area contributed by atoms with E-state index in [1.165, 1.54) is 4.90 Å². The molecule has 2 aliphatic rings. The minimum Gasteiger partial charge on any atom is -0.449 e. The maximum atomic E-state index is 13.2. The Kier molecular flexibility index (Phi) is 7.42. The topological polar surface area (TPSA) is 71.1 Å². The minimum absolute atomic E-state index is 0.0797. The van der Waals surface area contributed by atoms with Crippen molar-refractivity contribution in [1.82, 2.24) is 10.2 Å². The van der Waals surface area contributed by atoms with Crippen molar-refractivity contribution >= 4 is 35.2 Å². The van der Waals surface area contributed by atoms with Gasteiger partial charge in [-0.25, -0.2) is 0 Å². The van der Waals surface area contributed by atoms with Crippen molar-refractivity contribution in [1.29, 1.82) is 0 Å². The number of halogens is 1. The summed E-state index contributed by atoms with van der Waals surface area (Å²) >= 11 is 6.06. The number of carbonyl (C=O) groups excluding carboxylic acids is 2. The Morgan fingerprint density at radius 2 is 1.94 bits per heavy atom. The Hall–Kier alpha value is -2.87. The molecule has 0 atom stereocenters. The van der Waals surface area contributed by atoms with Gasteiger partial charge in [0.1, 0.15) is 6.54 Å². The molecule has 8 heteroatoms. The van der Waals surface area contributed by atoms with Crippen LogP contribution < -0.4 is 15.0 Å². The predicted molar refractivity (Wildman–Crippen MR) is 124 cm³/mol. The van der Waals surface area contributed by atoms with Gasteiger partial charge in [-0.2, -0.15) is 0 Å². The first-order valence-corrected chi connectivity index (χ1v) is 11.1. The summed E-state index contributed by atoms with van der Waals surface area (Å²) < 4.78 is 11.2. The number of rotatable bonds is 7. The highest BCUT2D eigenvalue weighted by Gasteiger charge is 2.31. The number of nitrogens with one attached hydrogen (secondary N) is 1. The maximum absolute atomic E-state index is 13.2. The van der Waals surface area contributed by atoms with Gasteiger partial charge >= 0.3 is 0 Å². The molecule has 1 saturated heterocycles. The molecule has 2 aromatic carbocycles. The molecule has 0 aliphatic carbocycles. The summed E-state index contributed by atoms with van der Waals surface area (Å²) in [4.78, 5) is 29.5. The molecule has 0 unspecified atom stereocenters. The Balaban J connectivity index is 1.41. The van der Waals surface area contributed by atoms with E-state index in [1.807, 2.05) is 18.2 Å². The van der Waals surface area contributed by atoms with Crippen molar-refractivity contribution in [3.8, 4) is 5.75 Å². The fraction of sp³-hybridized carbons (Fsp3) is 0.333. The van der Waals surface area contributed by atoms with E-state index in [-0.39, 0.29) is 24.1 Å². The van der Waals surface area contributed by atoms with Crippen LogP contribution in [0.5, 0.6) is 5.75 Å². The van der Waals surface area contributed by atoms with E-state index in [0.29, 0.717) is 23.0 Å². The number of hydrogen-bond donors (Lipinski definition) is 1. The molecule has 1 N–H and O–H groups in total. The average molecular weight is 456 g/mol. The van der Waals surface area contributed by atoms with E-state index >= 15 is 0 Å². The Morgan fingerprint density at radius 3 is 2.75 bits per heavy atom. The molecular weight excluding hydrogens is 430 g/mol. The molecule has 4 rings (SSSR count). The van der Waals surface area contributed by atoms with Crippen LogP contribution in [0.1, 0.15) is 12.0 Å². The number of carbonyl (C=O) groups is 2. The molecule has 0 aromatic heterocycles. The van der Waals surface area contributed by atoms with Crippen LogP contribution in [0, 0.1) is 0 Å².